The van der Waals surface area contributed by atoms with Crippen LogP contribution in [0, 0.1) is 12.7 Å². The minimum absolute atomic E-state index is 0.0346. The van der Waals surface area contributed by atoms with Gasteiger partial charge in [-0.1, -0.05) is 54.1 Å². The van der Waals surface area contributed by atoms with Crippen LogP contribution >= 0.6 is 0 Å². The summed E-state index contributed by atoms with van der Waals surface area (Å²) in [7, 11) is 0. The molecule has 3 nitrogen and oxygen atoms in total. The maximum Gasteiger partial charge on any atom is 0.251 e. The molecule has 1 aliphatic heterocycles. The number of nitrogens with one attached hydrogen (secondary N) is 1. The lowest BCUT2D eigenvalue weighted by Crippen LogP contribution is -2.33. The first-order chi connectivity index (χ1) is 15.1. The summed E-state index contributed by atoms with van der Waals surface area (Å²) in [6.45, 7) is 5.44. The summed E-state index contributed by atoms with van der Waals surface area (Å²) in [6, 6.07) is 22.9. The van der Waals surface area contributed by atoms with Crippen molar-refractivity contribution in [3.05, 3.63) is 106 Å². The molecule has 1 N–H and O–H groups in total. The molecule has 3 aromatic carbocycles. The summed E-state index contributed by atoms with van der Waals surface area (Å²) in [5, 5.41) is 3.09. The van der Waals surface area contributed by atoms with Gasteiger partial charge in [-0.2, -0.15) is 0 Å². The molecule has 3 aromatic rings. The van der Waals surface area contributed by atoms with Crippen LogP contribution in [-0.4, -0.2) is 23.9 Å². The standard InChI is InChI=1S/C27H29FN2O/c1-20-5-4-7-23(17-20)27(31)29-18-24-6-2-3-8-26(24)22-13-15-30(16-14-22)19-21-9-11-25(28)12-10-21/h2-12,17,22H,13-16,18-19H2,1H3,(H,29,31). The van der Waals surface area contributed by atoms with Crippen molar-refractivity contribution in [2.24, 2.45) is 0 Å². The monoisotopic (exact) mass is 416 g/mol. The van der Waals surface area contributed by atoms with Gasteiger partial charge in [0.25, 0.3) is 5.91 Å². The van der Waals surface area contributed by atoms with Crippen molar-refractivity contribution in [3.8, 4) is 0 Å². The first kappa shape index (κ1) is 21.3. The maximum atomic E-state index is 13.1. The molecule has 31 heavy (non-hydrogen) atoms. The quantitative estimate of drug-likeness (QED) is 0.580. The molecule has 0 bridgehead atoms. The molecular formula is C27H29FN2O. The number of hydrogen-bond donors (Lipinski definition) is 1. The van der Waals surface area contributed by atoms with E-state index in [9.17, 15) is 9.18 Å². The molecule has 1 aliphatic rings. The smallest absolute Gasteiger partial charge is 0.251 e. The van der Waals surface area contributed by atoms with Gasteiger partial charge in [0.1, 0.15) is 5.82 Å². The molecule has 0 atom stereocenters. The molecule has 4 heteroatoms. The maximum absolute atomic E-state index is 13.1. The third-order valence-corrected chi connectivity index (χ3v) is 6.12. The van der Waals surface area contributed by atoms with E-state index in [4.69, 9.17) is 0 Å². The highest BCUT2D eigenvalue weighted by molar-refractivity contribution is 5.94. The molecule has 0 aromatic heterocycles. The fourth-order valence-corrected chi connectivity index (χ4v) is 4.41. The average molecular weight is 417 g/mol. The predicted octanol–water partition coefficient (Wildman–Crippen LogP) is 5.44. The van der Waals surface area contributed by atoms with E-state index >= 15 is 0 Å². The third-order valence-electron chi connectivity index (χ3n) is 6.12. The van der Waals surface area contributed by atoms with E-state index in [1.807, 2.05) is 49.4 Å². The summed E-state index contributed by atoms with van der Waals surface area (Å²) in [6.07, 6.45) is 2.17. The molecule has 160 valence electrons. The number of carbonyl (C=O) groups is 1. The molecule has 0 aliphatic carbocycles. The molecule has 1 heterocycles. The lowest BCUT2D eigenvalue weighted by molar-refractivity contribution is 0.0950. The number of aryl methyl sites for hydroxylation is 1. The zero-order valence-electron chi connectivity index (χ0n) is 18.0. The molecule has 1 fully saturated rings. The van der Waals surface area contributed by atoms with E-state index in [2.05, 4.69) is 28.4 Å². The molecule has 0 saturated carbocycles. The second kappa shape index (κ2) is 9.88. The van der Waals surface area contributed by atoms with Crippen molar-refractivity contribution in [2.45, 2.75) is 38.8 Å². The Morgan fingerprint density at radius 3 is 2.48 bits per heavy atom. The zero-order chi connectivity index (χ0) is 21.6. The Labute approximate surface area is 183 Å². The summed E-state index contributed by atoms with van der Waals surface area (Å²) < 4.78 is 13.1. The van der Waals surface area contributed by atoms with Gasteiger partial charge < -0.3 is 5.32 Å². The van der Waals surface area contributed by atoms with Crippen molar-refractivity contribution in [1.29, 1.82) is 0 Å². The summed E-state index contributed by atoms with van der Waals surface area (Å²) >= 11 is 0. The number of hydrogen-bond acceptors (Lipinski definition) is 2. The average Bonchev–Trinajstić information content (AvgIpc) is 2.80. The minimum atomic E-state index is -0.187. The van der Waals surface area contributed by atoms with Crippen LogP contribution in [0.2, 0.25) is 0 Å². The Hall–Kier alpha value is -2.98. The third kappa shape index (κ3) is 5.59. The second-order valence-electron chi connectivity index (χ2n) is 8.43. The number of carbonyl (C=O) groups excluding carboxylic acids is 1. The van der Waals surface area contributed by atoms with Crippen LogP contribution in [0.15, 0.2) is 72.8 Å². The van der Waals surface area contributed by atoms with Crippen LogP contribution < -0.4 is 5.32 Å². The van der Waals surface area contributed by atoms with Crippen molar-refractivity contribution in [3.63, 3.8) is 0 Å². The van der Waals surface area contributed by atoms with Gasteiger partial charge in [-0.05, 0) is 79.7 Å². The largest absolute Gasteiger partial charge is 0.348 e. The van der Waals surface area contributed by atoms with Crippen LogP contribution in [0.4, 0.5) is 4.39 Å². The fourth-order valence-electron chi connectivity index (χ4n) is 4.41. The van der Waals surface area contributed by atoms with E-state index in [1.165, 1.54) is 23.3 Å². The van der Waals surface area contributed by atoms with E-state index in [0.29, 0.717) is 18.0 Å². The van der Waals surface area contributed by atoms with Gasteiger partial charge in [0.2, 0.25) is 0 Å². The van der Waals surface area contributed by atoms with Crippen molar-refractivity contribution >= 4 is 5.91 Å². The van der Waals surface area contributed by atoms with Gasteiger partial charge in [0, 0.05) is 18.7 Å². The number of piperidine rings is 1. The molecule has 0 unspecified atom stereocenters. The van der Waals surface area contributed by atoms with Gasteiger partial charge in [-0.25, -0.2) is 4.39 Å². The van der Waals surface area contributed by atoms with E-state index in [1.54, 1.807) is 0 Å². The Bertz CT molecular complexity index is 1020. The van der Waals surface area contributed by atoms with E-state index in [-0.39, 0.29) is 11.7 Å². The highest BCUT2D eigenvalue weighted by Crippen LogP contribution is 2.31. The predicted molar refractivity (Wildman–Crippen MR) is 122 cm³/mol. The summed E-state index contributed by atoms with van der Waals surface area (Å²) in [5.74, 6) is 0.276. The minimum Gasteiger partial charge on any atom is -0.348 e. The fraction of sp³-hybridized carbons (Fsp3) is 0.296. The second-order valence-corrected chi connectivity index (χ2v) is 8.43. The van der Waals surface area contributed by atoms with E-state index in [0.717, 1.165) is 43.6 Å². The Balaban J connectivity index is 1.35. The number of likely N-dealkylation sites (tertiary alicyclic amines) is 1. The number of halogens is 1. The number of amides is 1. The summed E-state index contributed by atoms with van der Waals surface area (Å²) in [5.41, 5.74) is 5.47. The molecular weight excluding hydrogens is 387 g/mol. The Kier molecular flexibility index (Phi) is 6.78. The molecule has 4 rings (SSSR count). The lowest BCUT2D eigenvalue weighted by Gasteiger charge is -2.33. The van der Waals surface area contributed by atoms with Crippen molar-refractivity contribution < 1.29 is 9.18 Å². The van der Waals surface area contributed by atoms with Gasteiger partial charge in [-0.3, -0.25) is 9.69 Å². The molecule has 0 radical (unpaired) electrons. The van der Waals surface area contributed by atoms with Crippen molar-refractivity contribution in [2.75, 3.05) is 13.1 Å². The normalized spacial score (nSPS) is 15.0. The first-order valence-corrected chi connectivity index (χ1v) is 11.0. The van der Waals surface area contributed by atoms with Gasteiger partial charge in [-0.15, -0.1) is 0 Å². The Morgan fingerprint density at radius 1 is 1.00 bits per heavy atom. The molecule has 1 saturated heterocycles. The van der Waals surface area contributed by atoms with Gasteiger partial charge in [0.15, 0.2) is 0 Å². The summed E-state index contributed by atoms with van der Waals surface area (Å²) in [4.78, 5) is 15.0. The van der Waals surface area contributed by atoms with Crippen LogP contribution in [-0.2, 0) is 13.1 Å². The molecule has 1 amide bonds. The van der Waals surface area contributed by atoms with Crippen LogP contribution in [0.25, 0.3) is 0 Å². The van der Waals surface area contributed by atoms with Crippen LogP contribution in [0.1, 0.15) is 51.4 Å². The lowest BCUT2D eigenvalue weighted by atomic mass is 9.86. The zero-order valence-corrected chi connectivity index (χ0v) is 18.0. The van der Waals surface area contributed by atoms with E-state index < -0.39 is 0 Å². The molecule has 0 spiro atoms. The number of rotatable bonds is 6. The highest BCUT2D eigenvalue weighted by atomic mass is 19.1. The van der Waals surface area contributed by atoms with Gasteiger partial charge >= 0.3 is 0 Å². The topological polar surface area (TPSA) is 32.3 Å². The first-order valence-electron chi connectivity index (χ1n) is 11.0. The van der Waals surface area contributed by atoms with Crippen LogP contribution in [0.3, 0.4) is 0 Å². The van der Waals surface area contributed by atoms with Gasteiger partial charge in [0.05, 0.1) is 0 Å². The highest BCUT2D eigenvalue weighted by Gasteiger charge is 2.22. The number of benzene rings is 3. The van der Waals surface area contributed by atoms with Crippen molar-refractivity contribution in [1.82, 2.24) is 10.2 Å². The Morgan fingerprint density at radius 2 is 1.74 bits per heavy atom. The SMILES string of the molecule is Cc1cccc(C(=O)NCc2ccccc2C2CCN(Cc3ccc(F)cc3)CC2)c1. The van der Waals surface area contributed by atoms with Crippen LogP contribution in [0.5, 0.6) is 0 Å². The number of nitrogens with zero attached hydrogens (tertiary/aromatic N) is 1.